The summed E-state index contributed by atoms with van der Waals surface area (Å²) in [5.74, 6) is 3.40. The maximum atomic E-state index is 6.04. The highest BCUT2D eigenvalue weighted by molar-refractivity contribution is 7.99. The fourth-order valence-electron chi connectivity index (χ4n) is 3.14. The van der Waals surface area contributed by atoms with Gasteiger partial charge in [0.05, 0.1) is 0 Å². The van der Waals surface area contributed by atoms with Crippen LogP contribution in [0.2, 0.25) is 0 Å². The molecule has 0 spiro atoms. The van der Waals surface area contributed by atoms with Crippen molar-refractivity contribution in [3.63, 3.8) is 0 Å². The Kier molecular flexibility index (Phi) is 3.40. The maximum Gasteiger partial charge on any atom is 0.0357 e. The smallest absolute Gasteiger partial charge is 0.0357 e. The molecule has 1 aliphatic heterocycles. The summed E-state index contributed by atoms with van der Waals surface area (Å²) in [6, 6.07) is 0. The third-order valence-electron chi connectivity index (χ3n) is 4.16. The van der Waals surface area contributed by atoms with Crippen LogP contribution in [0.15, 0.2) is 0 Å². The molecule has 2 atom stereocenters. The molecule has 1 aliphatic carbocycles. The lowest BCUT2D eigenvalue weighted by Gasteiger charge is -2.45. The van der Waals surface area contributed by atoms with Crippen molar-refractivity contribution in [3.05, 3.63) is 0 Å². The van der Waals surface area contributed by atoms with Crippen LogP contribution in [-0.2, 0) is 0 Å². The lowest BCUT2D eigenvalue weighted by atomic mass is 9.86. The largest absolute Gasteiger partial charge is 0.329 e. The summed E-state index contributed by atoms with van der Waals surface area (Å²) in [6.07, 6.45) is 4.08. The zero-order chi connectivity index (χ0) is 10.0. The van der Waals surface area contributed by atoms with E-state index in [-0.39, 0.29) is 0 Å². The van der Waals surface area contributed by atoms with E-state index in [9.17, 15) is 0 Å². The molecule has 2 aliphatic rings. The number of thioether (sulfide) groups is 1. The first-order chi connectivity index (χ1) is 6.79. The molecule has 1 saturated heterocycles. The lowest BCUT2D eigenvalue weighted by molar-refractivity contribution is 0.0744. The normalized spacial score (nSPS) is 40.3. The topological polar surface area (TPSA) is 29.3 Å². The SMILES string of the molecule is CC1CCCC1(CN)N1CCSCC1. The van der Waals surface area contributed by atoms with Gasteiger partial charge in [0.1, 0.15) is 0 Å². The first-order valence-electron chi connectivity index (χ1n) is 5.82. The van der Waals surface area contributed by atoms with E-state index in [4.69, 9.17) is 5.73 Å². The molecule has 0 radical (unpaired) electrons. The van der Waals surface area contributed by atoms with Gasteiger partial charge in [0.15, 0.2) is 0 Å². The van der Waals surface area contributed by atoms with E-state index in [1.54, 1.807) is 0 Å². The van der Waals surface area contributed by atoms with Crippen LogP contribution in [0.25, 0.3) is 0 Å². The molecule has 2 fully saturated rings. The second kappa shape index (κ2) is 4.42. The van der Waals surface area contributed by atoms with Crippen molar-refractivity contribution in [1.82, 2.24) is 4.90 Å². The van der Waals surface area contributed by atoms with Crippen LogP contribution in [-0.4, -0.2) is 41.6 Å². The fraction of sp³-hybridized carbons (Fsp3) is 1.00. The molecule has 82 valence electrons. The van der Waals surface area contributed by atoms with Gasteiger partial charge in [0.25, 0.3) is 0 Å². The summed E-state index contributed by atoms with van der Waals surface area (Å²) < 4.78 is 0. The van der Waals surface area contributed by atoms with Gasteiger partial charge in [-0.25, -0.2) is 0 Å². The molecule has 2 N–H and O–H groups in total. The molecule has 0 aromatic carbocycles. The molecule has 3 heteroatoms. The molecule has 2 nitrogen and oxygen atoms in total. The average Bonchev–Trinajstić information content (AvgIpc) is 2.62. The van der Waals surface area contributed by atoms with E-state index in [1.165, 1.54) is 43.9 Å². The maximum absolute atomic E-state index is 6.04. The molecular formula is C11H22N2S. The minimum Gasteiger partial charge on any atom is -0.329 e. The van der Waals surface area contributed by atoms with Crippen LogP contribution in [0, 0.1) is 5.92 Å². The minimum absolute atomic E-state index is 0.362. The van der Waals surface area contributed by atoms with Gasteiger partial charge in [-0.1, -0.05) is 13.3 Å². The molecule has 0 amide bonds. The zero-order valence-corrected chi connectivity index (χ0v) is 9.98. The lowest BCUT2D eigenvalue weighted by Crippen LogP contribution is -2.58. The number of nitrogens with zero attached hydrogens (tertiary/aromatic N) is 1. The molecule has 2 rings (SSSR count). The van der Waals surface area contributed by atoms with E-state index in [0.29, 0.717) is 5.54 Å². The van der Waals surface area contributed by atoms with E-state index in [2.05, 4.69) is 23.6 Å². The van der Waals surface area contributed by atoms with E-state index in [1.807, 2.05) is 0 Å². The minimum atomic E-state index is 0.362. The Morgan fingerprint density at radius 3 is 2.64 bits per heavy atom. The van der Waals surface area contributed by atoms with Gasteiger partial charge >= 0.3 is 0 Å². The van der Waals surface area contributed by atoms with E-state index in [0.717, 1.165) is 12.5 Å². The van der Waals surface area contributed by atoms with E-state index < -0.39 is 0 Å². The van der Waals surface area contributed by atoms with Gasteiger partial charge < -0.3 is 5.73 Å². The van der Waals surface area contributed by atoms with Crippen molar-refractivity contribution in [3.8, 4) is 0 Å². The highest BCUT2D eigenvalue weighted by atomic mass is 32.2. The van der Waals surface area contributed by atoms with Crippen LogP contribution in [0.4, 0.5) is 0 Å². The molecule has 2 unspecified atom stereocenters. The second-order valence-corrected chi connectivity index (χ2v) is 5.93. The summed E-state index contributed by atoms with van der Waals surface area (Å²) >= 11 is 2.09. The Bertz CT molecular complexity index is 192. The van der Waals surface area contributed by atoms with Gasteiger partial charge in [-0.15, -0.1) is 0 Å². The number of rotatable bonds is 2. The number of hydrogen-bond donors (Lipinski definition) is 1. The van der Waals surface area contributed by atoms with Gasteiger partial charge in [-0.2, -0.15) is 11.8 Å². The van der Waals surface area contributed by atoms with Crippen LogP contribution < -0.4 is 5.73 Å². The van der Waals surface area contributed by atoms with Crippen LogP contribution in [0.3, 0.4) is 0 Å². The fourth-order valence-corrected chi connectivity index (χ4v) is 4.04. The Morgan fingerprint density at radius 2 is 2.14 bits per heavy atom. The third kappa shape index (κ3) is 1.70. The molecule has 0 aromatic rings. The first kappa shape index (κ1) is 10.8. The average molecular weight is 214 g/mol. The van der Waals surface area contributed by atoms with Crippen molar-refractivity contribution >= 4 is 11.8 Å². The standard InChI is InChI=1S/C11H22N2S/c1-10-3-2-4-11(10,9-12)13-5-7-14-8-6-13/h10H,2-9,12H2,1H3. The van der Waals surface area contributed by atoms with Gasteiger partial charge in [0, 0.05) is 36.7 Å². The summed E-state index contributed by atoms with van der Waals surface area (Å²) in [5, 5.41) is 0. The summed E-state index contributed by atoms with van der Waals surface area (Å²) in [7, 11) is 0. The Hall–Kier alpha value is 0.270. The second-order valence-electron chi connectivity index (χ2n) is 4.70. The molecule has 14 heavy (non-hydrogen) atoms. The van der Waals surface area contributed by atoms with Gasteiger partial charge in [-0.05, 0) is 18.8 Å². The van der Waals surface area contributed by atoms with Crippen molar-refractivity contribution in [1.29, 1.82) is 0 Å². The van der Waals surface area contributed by atoms with Crippen LogP contribution in [0.1, 0.15) is 26.2 Å². The summed E-state index contributed by atoms with van der Waals surface area (Å²) in [5.41, 5.74) is 6.40. The molecular weight excluding hydrogens is 192 g/mol. The highest BCUT2D eigenvalue weighted by Gasteiger charge is 2.43. The van der Waals surface area contributed by atoms with Gasteiger partial charge in [0.2, 0.25) is 0 Å². The predicted octanol–water partition coefficient (Wildman–Crippen LogP) is 1.55. The predicted molar refractivity (Wildman–Crippen MR) is 63.7 cm³/mol. The molecule has 0 aromatic heterocycles. The Morgan fingerprint density at radius 1 is 1.43 bits per heavy atom. The summed E-state index contributed by atoms with van der Waals surface area (Å²) in [4.78, 5) is 2.68. The summed E-state index contributed by atoms with van der Waals surface area (Å²) in [6.45, 7) is 5.76. The highest BCUT2D eigenvalue weighted by Crippen LogP contribution is 2.40. The van der Waals surface area contributed by atoms with Gasteiger partial charge in [-0.3, -0.25) is 4.90 Å². The molecule has 1 heterocycles. The van der Waals surface area contributed by atoms with Crippen molar-refractivity contribution in [2.45, 2.75) is 31.7 Å². The number of hydrogen-bond acceptors (Lipinski definition) is 3. The zero-order valence-electron chi connectivity index (χ0n) is 9.17. The quantitative estimate of drug-likeness (QED) is 0.756. The monoisotopic (exact) mass is 214 g/mol. The Labute approximate surface area is 91.6 Å². The Balaban J connectivity index is 2.09. The first-order valence-corrected chi connectivity index (χ1v) is 6.98. The van der Waals surface area contributed by atoms with Crippen molar-refractivity contribution < 1.29 is 0 Å². The van der Waals surface area contributed by atoms with Crippen molar-refractivity contribution in [2.75, 3.05) is 31.1 Å². The van der Waals surface area contributed by atoms with Crippen LogP contribution in [0.5, 0.6) is 0 Å². The third-order valence-corrected chi connectivity index (χ3v) is 5.10. The molecule has 1 saturated carbocycles. The van der Waals surface area contributed by atoms with E-state index >= 15 is 0 Å². The molecule has 0 bridgehead atoms. The number of nitrogens with two attached hydrogens (primary N) is 1. The van der Waals surface area contributed by atoms with Crippen molar-refractivity contribution in [2.24, 2.45) is 11.7 Å². The van der Waals surface area contributed by atoms with Crippen LogP contribution >= 0.6 is 11.8 Å².